The molecule has 0 radical (unpaired) electrons. The van der Waals surface area contributed by atoms with Crippen molar-refractivity contribution in [2.24, 2.45) is 5.92 Å². The van der Waals surface area contributed by atoms with Gasteiger partial charge in [0.15, 0.2) is 0 Å². The third-order valence-electron chi connectivity index (χ3n) is 2.84. The molecule has 0 aliphatic heterocycles. The number of aromatic carboxylic acids is 1. The molecule has 0 aliphatic rings. The van der Waals surface area contributed by atoms with E-state index >= 15 is 0 Å². The van der Waals surface area contributed by atoms with Gasteiger partial charge < -0.3 is 15.7 Å². The van der Waals surface area contributed by atoms with E-state index in [1.807, 2.05) is 0 Å². The van der Waals surface area contributed by atoms with Crippen LogP contribution in [0.5, 0.6) is 0 Å². The molecule has 114 valence electrons. The quantitative estimate of drug-likeness (QED) is 0.648. The second-order valence-corrected chi connectivity index (χ2v) is 4.97. The van der Waals surface area contributed by atoms with E-state index in [2.05, 4.69) is 10.6 Å². The van der Waals surface area contributed by atoms with E-state index in [1.165, 1.54) is 12.1 Å². The molecule has 0 fully saturated rings. The van der Waals surface area contributed by atoms with Gasteiger partial charge in [-0.05, 0) is 17.7 Å². The van der Waals surface area contributed by atoms with Gasteiger partial charge in [0.05, 0.1) is 12.0 Å². The van der Waals surface area contributed by atoms with Crippen molar-refractivity contribution < 1.29 is 19.5 Å². The van der Waals surface area contributed by atoms with Crippen molar-refractivity contribution in [2.75, 3.05) is 13.1 Å². The number of carboxylic acids is 1. The third kappa shape index (κ3) is 6.07. The van der Waals surface area contributed by atoms with Crippen LogP contribution in [0, 0.1) is 5.92 Å². The van der Waals surface area contributed by atoms with E-state index in [0.717, 1.165) is 5.56 Å². The summed E-state index contributed by atoms with van der Waals surface area (Å²) in [6.45, 7) is 4.36. The van der Waals surface area contributed by atoms with E-state index in [1.54, 1.807) is 26.0 Å². The summed E-state index contributed by atoms with van der Waals surface area (Å²) >= 11 is 0. The lowest BCUT2D eigenvalue weighted by Gasteiger charge is -2.09. The number of benzene rings is 1. The van der Waals surface area contributed by atoms with Crippen LogP contribution in [-0.4, -0.2) is 36.0 Å². The van der Waals surface area contributed by atoms with Gasteiger partial charge in [0.1, 0.15) is 0 Å². The number of carbonyl (C=O) groups excluding carboxylic acids is 2. The molecular formula is C15H20N2O4. The van der Waals surface area contributed by atoms with Crippen molar-refractivity contribution in [3.05, 3.63) is 35.4 Å². The summed E-state index contributed by atoms with van der Waals surface area (Å²) in [6, 6.07) is 6.16. The van der Waals surface area contributed by atoms with Gasteiger partial charge in [-0.3, -0.25) is 9.59 Å². The Labute approximate surface area is 123 Å². The fraction of sp³-hybridized carbons (Fsp3) is 0.400. The number of hydrogen-bond acceptors (Lipinski definition) is 3. The van der Waals surface area contributed by atoms with Crippen molar-refractivity contribution in [1.29, 1.82) is 0 Å². The van der Waals surface area contributed by atoms with Gasteiger partial charge >= 0.3 is 5.97 Å². The first kappa shape index (κ1) is 16.7. The van der Waals surface area contributed by atoms with Crippen LogP contribution in [0.25, 0.3) is 0 Å². The maximum Gasteiger partial charge on any atom is 0.335 e. The van der Waals surface area contributed by atoms with Crippen LogP contribution in [0.15, 0.2) is 24.3 Å². The number of carbonyl (C=O) groups is 3. The molecule has 1 aromatic rings. The van der Waals surface area contributed by atoms with Gasteiger partial charge in [-0.1, -0.05) is 26.0 Å². The Hall–Kier alpha value is -2.37. The lowest BCUT2D eigenvalue weighted by molar-refractivity contribution is -0.124. The molecule has 0 saturated carbocycles. The van der Waals surface area contributed by atoms with Crippen molar-refractivity contribution in [3.63, 3.8) is 0 Å². The normalized spacial score (nSPS) is 10.2. The molecule has 6 nitrogen and oxygen atoms in total. The molecule has 0 heterocycles. The molecule has 0 atom stereocenters. The highest BCUT2D eigenvalue weighted by Crippen LogP contribution is 2.05. The molecule has 0 spiro atoms. The molecular weight excluding hydrogens is 272 g/mol. The highest BCUT2D eigenvalue weighted by Gasteiger charge is 2.07. The van der Waals surface area contributed by atoms with Gasteiger partial charge in [0.2, 0.25) is 11.8 Å². The minimum atomic E-state index is -0.994. The second kappa shape index (κ2) is 8.04. The van der Waals surface area contributed by atoms with E-state index in [4.69, 9.17) is 5.11 Å². The molecule has 0 aromatic heterocycles. The fourth-order valence-electron chi connectivity index (χ4n) is 1.60. The minimum Gasteiger partial charge on any atom is -0.478 e. The number of hydrogen-bond donors (Lipinski definition) is 3. The monoisotopic (exact) mass is 292 g/mol. The van der Waals surface area contributed by atoms with Gasteiger partial charge in [-0.25, -0.2) is 4.79 Å². The molecule has 2 amide bonds. The first-order valence-electron chi connectivity index (χ1n) is 6.76. The lowest BCUT2D eigenvalue weighted by atomic mass is 10.1. The van der Waals surface area contributed by atoms with Gasteiger partial charge in [-0.2, -0.15) is 0 Å². The Morgan fingerprint density at radius 2 is 1.62 bits per heavy atom. The Kier molecular flexibility index (Phi) is 6.39. The fourth-order valence-corrected chi connectivity index (χ4v) is 1.60. The number of carboxylic acid groups (broad SMARTS) is 1. The van der Waals surface area contributed by atoms with Crippen LogP contribution >= 0.6 is 0 Å². The predicted octanol–water partition coefficient (Wildman–Crippen LogP) is 0.816. The summed E-state index contributed by atoms with van der Waals surface area (Å²) < 4.78 is 0. The smallest absolute Gasteiger partial charge is 0.335 e. The topological polar surface area (TPSA) is 95.5 Å². The Bertz CT molecular complexity index is 509. The number of rotatable bonds is 7. The van der Waals surface area contributed by atoms with Gasteiger partial charge in [0.25, 0.3) is 0 Å². The van der Waals surface area contributed by atoms with Crippen LogP contribution in [0.4, 0.5) is 0 Å². The van der Waals surface area contributed by atoms with Crippen molar-refractivity contribution in [2.45, 2.75) is 20.3 Å². The minimum absolute atomic E-state index is 0.0477. The van der Waals surface area contributed by atoms with Gasteiger partial charge in [0, 0.05) is 19.0 Å². The van der Waals surface area contributed by atoms with Crippen LogP contribution in [-0.2, 0) is 16.0 Å². The highest BCUT2D eigenvalue weighted by atomic mass is 16.4. The number of nitrogens with one attached hydrogen (secondary N) is 2. The predicted molar refractivity (Wildman–Crippen MR) is 78.0 cm³/mol. The molecule has 0 saturated heterocycles. The maximum atomic E-state index is 11.7. The van der Waals surface area contributed by atoms with Crippen LogP contribution in [0.1, 0.15) is 29.8 Å². The summed E-state index contributed by atoms with van der Waals surface area (Å²) in [4.78, 5) is 33.7. The zero-order valence-corrected chi connectivity index (χ0v) is 12.2. The Morgan fingerprint density at radius 3 is 2.14 bits per heavy atom. The molecule has 0 bridgehead atoms. The Morgan fingerprint density at radius 1 is 1.05 bits per heavy atom. The summed E-state index contributed by atoms with van der Waals surface area (Å²) in [5.74, 6) is -1.29. The zero-order chi connectivity index (χ0) is 15.8. The largest absolute Gasteiger partial charge is 0.478 e. The summed E-state index contributed by atoms with van der Waals surface area (Å²) in [6.07, 6.45) is 0.179. The molecule has 0 unspecified atom stereocenters. The standard InChI is InChI=1S/C15H20N2O4/c1-10(2)14(19)17-8-7-16-13(18)9-11-3-5-12(6-4-11)15(20)21/h3-6,10H,7-9H2,1-2H3,(H,16,18)(H,17,19)(H,20,21). The lowest BCUT2D eigenvalue weighted by Crippen LogP contribution is -2.36. The van der Waals surface area contributed by atoms with Crippen molar-refractivity contribution in [3.8, 4) is 0 Å². The van der Waals surface area contributed by atoms with E-state index in [-0.39, 0.29) is 29.7 Å². The SMILES string of the molecule is CC(C)C(=O)NCCNC(=O)Cc1ccc(C(=O)O)cc1. The molecule has 1 aromatic carbocycles. The first-order chi connectivity index (χ1) is 9.90. The summed E-state index contributed by atoms with van der Waals surface area (Å²) in [5.41, 5.74) is 0.930. The van der Waals surface area contributed by atoms with E-state index in [9.17, 15) is 14.4 Å². The second-order valence-electron chi connectivity index (χ2n) is 4.97. The van der Waals surface area contributed by atoms with Crippen LogP contribution in [0.2, 0.25) is 0 Å². The molecule has 21 heavy (non-hydrogen) atoms. The Balaban J connectivity index is 2.30. The summed E-state index contributed by atoms with van der Waals surface area (Å²) in [7, 11) is 0. The van der Waals surface area contributed by atoms with Gasteiger partial charge in [-0.15, -0.1) is 0 Å². The van der Waals surface area contributed by atoms with Crippen molar-refractivity contribution in [1.82, 2.24) is 10.6 Å². The molecule has 6 heteroatoms. The van der Waals surface area contributed by atoms with Crippen LogP contribution in [0.3, 0.4) is 0 Å². The highest BCUT2D eigenvalue weighted by molar-refractivity contribution is 5.87. The number of amides is 2. The maximum absolute atomic E-state index is 11.7. The van der Waals surface area contributed by atoms with Crippen LogP contribution < -0.4 is 10.6 Å². The molecule has 3 N–H and O–H groups in total. The van der Waals surface area contributed by atoms with E-state index < -0.39 is 5.97 Å². The average molecular weight is 292 g/mol. The van der Waals surface area contributed by atoms with Crippen molar-refractivity contribution >= 4 is 17.8 Å². The first-order valence-corrected chi connectivity index (χ1v) is 6.76. The molecule has 1 rings (SSSR count). The third-order valence-corrected chi connectivity index (χ3v) is 2.84. The average Bonchev–Trinajstić information content (AvgIpc) is 2.43. The molecule has 0 aliphatic carbocycles. The zero-order valence-electron chi connectivity index (χ0n) is 12.2. The summed E-state index contributed by atoms with van der Waals surface area (Å²) in [5, 5.41) is 14.2. The van der Waals surface area contributed by atoms with E-state index in [0.29, 0.717) is 13.1 Å².